The minimum Gasteiger partial charge on any atom is -0.339 e. The second kappa shape index (κ2) is 7.35. The number of carbonyl (C=O) groups is 1. The van der Waals surface area contributed by atoms with Crippen molar-refractivity contribution in [1.29, 1.82) is 0 Å². The number of hydrogen-bond acceptors (Lipinski definition) is 5. The molecule has 5 rings (SSSR count). The largest absolute Gasteiger partial charge is 0.339 e. The molecule has 0 bridgehead atoms. The van der Waals surface area contributed by atoms with Gasteiger partial charge in [0.1, 0.15) is 10.5 Å². The first kappa shape index (κ1) is 18.5. The van der Waals surface area contributed by atoms with Gasteiger partial charge in [-0.05, 0) is 55.4 Å². The normalized spacial score (nSPS) is 13.8. The maximum atomic E-state index is 12.4. The minimum atomic E-state index is 0.270. The first-order chi connectivity index (χ1) is 14.2. The van der Waals surface area contributed by atoms with Crippen LogP contribution in [0.5, 0.6) is 0 Å². The smallest absolute Gasteiger partial charge is 0.163 e. The molecule has 0 atom stereocenters. The van der Waals surface area contributed by atoms with Gasteiger partial charge in [-0.3, -0.25) is 4.79 Å². The number of rotatable bonds is 6. The highest BCUT2D eigenvalue weighted by Gasteiger charge is 2.25. The van der Waals surface area contributed by atoms with Gasteiger partial charge in [0.2, 0.25) is 0 Å². The van der Waals surface area contributed by atoms with Crippen LogP contribution in [0.25, 0.3) is 32.4 Å². The van der Waals surface area contributed by atoms with Crippen LogP contribution in [0.15, 0.2) is 35.8 Å². The van der Waals surface area contributed by atoms with Crippen LogP contribution in [0.2, 0.25) is 0 Å². The molecule has 1 aliphatic carbocycles. The number of aryl methyl sites for hydroxylation is 1. The van der Waals surface area contributed by atoms with E-state index in [0.717, 1.165) is 48.7 Å². The van der Waals surface area contributed by atoms with Crippen molar-refractivity contribution in [2.75, 3.05) is 19.6 Å². The van der Waals surface area contributed by atoms with Gasteiger partial charge in [-0.15, -0.1) is 10.2 Å². The lowest BCUT2D eigenvalue weighted by Crippen LogP contribution is -2.26. The average Bonchev–Trinajstić information content (AvgIpc) is 3.47. The van der Waals surface area contributed by atoms with Crippen molar-refractivity contribution >= 4 is 38.9 Å². The number of carbonyl (C=O) groups excluding carboxylic acids is 1. The van der Waals surface area contributed by atoms with E-state index in [9.17, 15) is 4.79 Å². The summed E-state index contributed by atoms with van der Waals surface area (Å²) in [6.07, 6.45) is 1.46. The van der Waals surface area contributed by atoms with E-state index in [0.29, 0.717) is 6.42 Å². The van der Waals surface area contributed by atoms with Crippen molar-refractivity contribution in [3.63, 3.8) is 0 Å². The van der Waals surface area contributed by atoms with Crippen molar-refractivity contribution in [2.24, 2.45) is 0 Å². The summed E-state index contributed by atoms with van der Waals surface area (Å²) >= 11 is 1.55. The van der Waals surface area contributed by atoms with Gasteiger partial charge >= 0.3 is 0 Å². The Morgan fingerprint density at radius 1 is 1.10 bits per heavy atom. The van der Waals surface area contributed by atoms with Crippen LogP contribution in [0.1, 0.15) is 36.2 Å². The third kappa shape index (κ3) is 2.98. The van der Waals surface area contributed by atoms with Crippen LogP contribution in [0, 0.1) is 0 Å². The molecule has 0 fully saturated rings. The summed E-state index contributed by atoms with van der Waals surface area (Å²) < 4.78 is 2.43. The van der Waals surface area contributed by atoms with E-state index in [1.165, 1.54) is 27.4 Å². The number of likely N-dealkylation sites (N-methyl/N-ethyl adjacent to an activating group) is 1. The molecule has 0 saturated carbocycles. The molecule has 0 radical (unpaired) electrons. The van der Waals surface area contributed by atoms with Crippen LogP contribution >= 0.6 is 11.3 Å². The lowest BCUT2D eigenvalue weighted by molar-refractivity contribution is 0.0994. The minimum absolute atomic E-state index is 0.270. The zero-order valence-corrected chi connectivity index (χ0v) is 17.6. The Hall–Kier alpha value is -2.57. The number of benzene rings is 2. The Kier molecular flexibility index (Phi) is 4.68. The molecule has 5 nitrogen and oxygen atoms in total. The van der Waals surface area contributed by atoms with Gasteiger partial charge in [-0.2, -0.15) is 0 Å². The second-order valence-electron chi connectivity index (χ2n) is 7.56. The van der Waals surface area contributed by atoms with Gasteiger partial charge in [-0.25, -0.2) is 0 Å². The van der Waals surface area contributed by atoms with Crippen molar-refractivity contribution in [3.05, 3.63) is 47.0 Å². The van der Waals surface area contributed by atoms with Crippen LogP contribution in [-0.4, -0.2) is 45.1 Å². The molecule has 1 aliphatic rings. The Morgan fingerprint density at radius 2 is 1.93 bits per heavy atom. The third-order valence-corrected chi connectivity index (χ3v) is 6.92. The zero-order valence-electron chi connectivity index (χ0n) is 16.8. The molecular weight excluding hydrogens is 380 g/mol. The van der Waals surface area contributed by atoms with E-state index in [1.807, 2.05) is 6.07 Å². The summed E-state index contributed by atoms with van der Waals surface area (Å²) in [7, 11) is 0. The molecule has 4 aromatic rings. The zero-order chi connectivity index (χ0) is 20.0. The van der Waals surface area contributed by atoms with Crippen molar-refractivity contribution in [3.8, 4) is 10.6 Å². The van der Waals surface area contributed by atoms with Crippen molar-refractivity contribution in [1.82, 2.24) is 19.7 Å². The monoisotopic (exact) mass is 404 g/mol. The molecule has 6 heteroatoms. The fourth-order valence-electron chi connectivity index (χ4n) is 4.61. The number of aromatic nitrogens is 3. The van der Waals surface area contributed by atoms with E-state index in [4.69, 9.17) is 0 Å². The molecule has 0 amide bonds. The van der Waals surface area contributed by atoms with E-state index >= 15 is 0 Å². The van der Waals surface area contributed by atoms with Gasteiger partial charge in [-0.1, -0.05) is 25.2 Å². The van der Waals surface area contributed by atoms with Crippen LogP contribution in [-0.2, 0) is 13.0 Å². The standard InChI is InChI=1S/C23H24N4OS/c1-3-26(4-2)11-12-27-19-8-5-15(23-25-24-14-29-23)13-18(19)22-17-7-10-21(28)16(17)6-9-20(22)27/h5-6,8-9,13-14H,3-4,7,10-12H2,1-2H3. The topological polar surface area (TPSA) is 51.0 Å². The first-order valence-corrected chi connectivity index (χ1v) is 11.2. The predicted molar refractivity (Wildman–Crippen MR) is 119 cm³/mol. The maximum absolute atomic E-state index is 12.4. The number of fused-ring (bicyclic) bond motifs is 5. The van der Waals surface area contributed by atoms with Gasteiger partial charge in [0.05, 0.1) is 0 Å². The third-order valence-electron chi connectivity index (χ3n) is 6.18. The van der Waals surface area contributed by atoms with E-state index in [-0.39, 0.29) is 5.78 Å². The summed E-state index contributed by atoms with van der Waals surface area (Å²) in [5, 5.41) is 11.6. The molecule has 0 aliphatic heterocycles. The lowest BCUT2D eigenvalue weighted by atomic mass is 10.0. The number of Topliss-reactive ketones (excluding diaryl/α,β-unsaturated/α-hetero) is 1. The number of hydrogen-bond donors (Lipinski definition) is 0. The molecule has 2 heterocycles. The van der Waals surface area contributed by atoms with Gasteiger partial charge in [0, 0.05) is 52.4 Å². The molecule has 148 valence electrons. The molecule has 0 unspecified atom stereocenters. The molecule has 2 aromatic heterocycles. The molecule has 0 N–H and O–H groups in total. The average molecular weight is 405 g/mol. The summed E-state index contributed by atoms with van der Waals surface area (Å²) in [4.78, 5) is 14.8. The fourth-order valence-corrected chi connectivity index (χ4v) is 5.16. The Bertz CT molecular complexity index is 1210. The molecular formula is C23H24N4OS. The highest BCUT2D eigenvalue weighted by atomic mass is 32.1. The van der Waals surface area contributed by atoms with Crippen molar-refractivity contribution < 1.29 is 4.79 Å². The van der Waals surface area contributed by atoms with Crippen LogP contribution in [0.4, 0.5) is 0 Å². The lowest BCUT2D eigenvalue weighted by Gasteiger charge is -2.19. The highest BCUT2D eigenvalue weighted by molar-refractivity contribution is 7.12. The van der Waals surface area contributed by atoms with Crippen LogP contribution < -0.4 is 0 Å². The molecule has 29 heavy (non-hydrogen) atoms. The summed E-state index contributed by atoms with van der Waals surface area (Å²) in [6.45, 7) is 8.48. The maximum Gasteiger partial charge on any atom is 0.163 e. The second-order valence-corrected chi connectivity index (χ2v) is 8.40. The fraction of sp³-hybridized carbons (Fsp3) is 0.348. The predicted octanol–water partition coefficient (Wildman–Crippen LogP) is 4.78. The quantitative estimate of drug-likeness (QED) is 0.464. The van der Waals surface area contributed by atoms with E-state index in [1.54, 1.807) is 16.8 Å². The molecule has 2 aromatic carbocycles. The van der Waals surface area contributed by atoms with Crippen molar-refractivity contribution in [2.45, 2.75) is 33.2 Å². The van der Waals surface area contributed by atoms with Gasteiger partial charge in [0.25, 0.3) is 0 Å². The Morgan fingerprint density at radius 3 is 2.69 bits per heavy atom. The van der Waals surface area contributed by atoms with E-state index in [2.05, 4.69) is 57.8 Å². The summed E-state index contributed by atoms with van der Waals surface area (Å²) in [5.41, 5.74) is 7.44. The van der Waals surface area contributed by atoms with Crippen LogP contribution in [0.3, 0.4) is 0 Å². The SMILES string of the molecule is CCN(CC)CCn1c2ccc(-c3nncs3)cc2c2c3c(ccc21)C(=O)CC3. The highest BCUT2D eigenvalue weighted by Crippen LogP contribution is 2.38. The molecule has 0 saturated heterocycles. The number of ketones is 1. The summed E-state index contributed by atoms with van der Waals surface area (Å²) in [6, 6.07) is 10.8. The number of nitrogens with zero attached hydrogens (tertiary/aromatic N) is 4. The van der Waals surface area contributed by atoms with Gasteiger partial charge in [0.15, 0.2) is 5.78 Å². The van der Waals surface area contributed by atoms with E-state index < -0.39 is 0 Å². The molecule has 0 spiro atoms. The Labute approximate surface area is 174 Å². The van der Waals surface area contributed by atoms with Gasteiger partial charge < -0.3 is 9.47 Å². The Balaban J connectivity index is 1.74. The summed E-state index contributed by atoms with van der Waals surface area (Å²) in [5.74, 6) is 0.270. The first-order valence-electron chi connectivity index (χ1n) is 10.3.